The van der Waals surface area contributed by atoms with Crippen molar-refractivity contribution < 1.29 is 13.2 Å². The number of amides is 1. The predicted molar refractivity (Wildman–Crippen MR) is 104 cm³/mol. The summed E-state index contributed by atoms with van der Waals surface area (Å²) in [5.74, 6) is -0.176. The highest BCUT2D eigenvalue weighted by Gasteiger charge is 2.20. The van der Waals surface area contributed by atoms with Crippen LogP contribution in [0.2, 0.25) is 5.02 Å². The molecule has 2 aromatic heterocycles. The van der Waals surface area contributed by atoms with E-state index in [1.165, 1.54) is 47.7 Å². The topological polar surface area (TPSA) is 131 Å². The quantitative estimate of drug-likeness (QED) is 0.655. The highest BCUT2D eigenvalue weighted by atomic mass is 35.5. The highest BCUT2D eigenvalue weighted by molar-refractivity contribution is 7.90. The molecule has 1 atom stereocenters. The van der Waals surface area contributed by atoms with Gasteiger partial charge in [-0.05, 0) is 25.1 Å². The third-order valence-corrected chi connectivity index (χ3v) is 5.26. The van der Waals surface area contributed by atoms with Crippen LogP contribution in [-0.4, -0.2) is 40.3 Å². The van der Waals surface area contributed by atoms with Gasteiger partial charge in [-0.2, -0.15) is 10.4 Å². The first-order valence-electron chi connectivity index (χ1n) is 8.26. The molecule has 0 bridgehead atoms. The lowest BCUT2D eigenvalue weighted by atomic mass is 10.1. The van der Waals surface area contributed by atoms with Gasteiger partial charge in [0, 0.05) is 29.2 Å². The Labute approximate surface area is 171 Å². The van der Waals surface area contributed by atoms with E-state index in [9.17, 15) is 13.2 Å². The lowest BCUT2D eigenvalue weighted by Gasteiger charge is -2.16. The van der Waals surface area contributed by atoms with Gasteiger partial charge in [0.25, 0.3) is 5.91 Å². The van der Waals surface area contributed by atoms with Crippen LogP contribution in [-0.2, 0) is 9.84 Å². The fourth-order valence-electron chi connectivity index (χ4n) is 2.58. The molecule has 1 N–H and O–H groups in total. The minimum Gasteiger partial charge on any atom is -0.344 e. The van der Waals surface area contributed by atoms with Crippen LogP contribution in [0.25, 0.3) is 5.82 Å². The number of aromatic nitrogens is 4. The van der Waals surface area contributed by atoms with Crippen molar-refractivity contribution in [1.82, 2.24) is 25.1 Å². The van der Waals surface area contributed by atoms with Gasteiger partial charge in [-0.15, -0.1) is 0 Å². The summed E-state index contributed by atoms with van der Waals surface area (Å²) in [6, 6.07) is 5.30. The first-order chi connectivity index (χ1) is 13.7. The summed E-state index contributed by atoms with van der Waals surface area (Å²) in [6.07, 6.45) is 6.86. The van der Waals surface area contributed by atoms with Gasteiger partial charge in [-0.1, -0.05) is 11.6 Å². The fraction of sp³-hybridized carbons (Fsp3) is 0.167. The summed E-state index contributed by atoms with van der Waals surface area (Å²) >= 11 is 5.97. The van der Waals surface area contributed by atoms with E-state index in [1.807, 2.05) is 6.07 Å². The van der Waals surface area contributed by atoms with Crippen molar-refractivity contribution in [2.45, 2.75) is 17.9 Å². The number of halogens is 1. The second-order valence-corrected chi connectivity index (χ2v) is 8.65. The minimum absolute atomic E-state index is 0.0523. The molecule has 0 saturated heterocycles. The Bertz CT molecular complexity index is 1230. The molecule has 3 rings (SSSR count). The summed E-state index contributed by atoms with van der Waals surface area (Å²) < 4.78 is 25.0. The molecular formula is C18H15ClN6O3S. The van der Waals surface area contributed by atoms with Crippen LogP contribution in [0.5, 0.6) is 0 Å². The standard InChI is InChI=1S/C18H15ClN6O3S/c1-11(16-17(22-4-3-21-16)25-10-12(8-20)9-23-25)24-18(26)13-5-14(19)7-15(6-13)29(2,27)28/h3-7,9-11H,1-2H3,(H,24,26). The summed E-state index contributed by atoms with van der Waals surface area (Å²) in [6.45, 7) is 1.70. The Balaban J connectivity index is 1.90. The van der Waals surface area contributed by atoms with Crippen molar-refractivity contribution in [3.63, 3.8) is 0 Å². The van der Waals surface area contributed by atoms with Crippen molar-refractivity contribution in [1.29, 1.82) is 5.26 Å². The molecule has 29 heavy (non-hydrogen) atoms. The van der Waals surface area contributed by atoms with E-state index in [0.717, 1.165) is 6.26 Å². The molecule has 0 fully saturated rings. The maximum Gasteiger partial charge on any atom is 0.251 e. The van der Waals surface area contributed by atoms with Crippen LogP contribution in [0.3, 0.4) is 0 Å². The van der Waals surface area contributed by atoms with Crippen molar-refractivity contribution in [3.8, 4) is 11.9 Å². The summed E-state index contributed by atoms with van der Waals surface area (Å²) in [4.78, 5) is 21.1. The normalized spacial score (nSPS) is 12.2. The van der Waals surface area contributed by atoms with Crippen LogP contribution < -0.4 is 5.32 Å². The van der Waals surface area contributed by atoms with Gasteiger partial charge < -0.3 is 5.32 Å². The molecule has 1 unspecified atom stereocenters. The zero-order chi connectivity index (χ0) is 21.2. The van der Waals surface area contributed by atoms with Crippen LogP contribution in [0, 0.1) is 11.3 Å². The molecule has 0 saturated carbocycles. The number of hydrogen-bond acceptors (Lipinski definition) is 7. The number of benzene rings is 1. The molecule has 1 aromatic carbocycles. The van der Waals surface area contributed by atoms with Gasteiger partial charge in [0.2, 0.25) is 0 Å². The van der Waals surface area contributed by atoms with E-state index in [1.54, 1.807) is 6.92 Å². The number of hydrogen-bond donors (Lipinski definition) is 1. The molecule has 0 spiro atoms. The van der Waals surface area contributed by atoms with E-state index >= 15 is 0 Å². The Hall–Kier alpha value is -3.29. The summed E-state index contributed by atoms with van der Waals surface area (Å²) in [5.41, 5.74) is 0.866. The average molecular weight is 431 g/mol. The molecule has 0 aliphatic heterocycles. The first kappa shape index (κ1) is 20.4. The van der Waals surface area contributed by atoms with Crippen molar-refractivity contribution in [2.24, 2.45) is 0 Å². The van der Waals surface area contributed by atoms with E-state index in [4.69, 9.17) is 16.9 Å². The van der Waals surface area contributed by atoms with E-state index in [2.05, 4.69) is 20.4 Å². The predicted octanol–water partition coefficient (Wildman–Crippen LogP) is 2.08. The molecule has 0 aliphatic rings. The monoisotopic (exact) mass is 430 g/mol. The molecule has 3 aromatic rings. The van der Waals surface area contributed by atoms with Gasteiger partial charge >= 0.3 is 0 Å². The molecule has 9 nitrogen and oxygen atoms in total. The lowest BCUT2D eigenvalue weighted by Crippen LogP contribution is -2.28. The molecule has 148 valence electrons. The van der Waals surface area contributed by atoms with Gasteiger partial charge in [-0.3, -0.25) is 9.78 Å². The number of carbonyl (C=O) groups is 1. The number of nitriles is 1. The molecule has 11 heteroatoms. The fourth-order valence-corrected chi connectivity index (χ4v) is 3.56. The SMILES string of the molecule is CC(NC(=O)c1cc(Cl)cc(S(C)(=O)=O)c1)c1nccnc1-n1cc(C#N)cn1. The van der Waals surface area contributed by atoms with Crippen LogP contribution >= 0.6 is 11.6 Å². The van der Waals surface area contributed by atoms with E-state index in [-0.39, 0.29) is 15.5 Å². The average Bonchev–Trinajstić information content (AvgIpc) is 3.16. The van der Waals surface area contributed by atoms with Gasteiger partial charge in [0.05, 0.1) is 28.9 Å². The van der Waals surface area contributed by atoms with Gasteiger partial charge in [0.1, 0.15) is 11.8 Å². The smallest absolute Gasteiger partial charge is 0.251 e. The highest BCUT2D eigenvalue weighted by Crippen LogP contribution is 2.21. The lowest BCUT2D eigenvalue weighted by molar-refractivity contribution is 0.0939. The Kier molecular flexibility index (Phi) is 5.63. The van der Waals surface area contributed by atoms with Crippen LogP contribution in [0.15, 0.2) is 47.9 Å². The Morgan fingerprint density at radius 3 is 2.66 bits per heavy atom. The van der Waals surface area contributed by atoms with Crippen molar-refractivity contribution >= 4 is 27.3 Å². The molecular weight excluding hydrogens is 416 g/mol. The number of carbonyl (C=O) groups excluding carboxylic acids is 1. The second kappa shape index (κ2) is 7.98. The minimum atomic E-state index is -3.53. The number of sulfone groups is 1. The van der Waals surface area contributed by atoms with Gasteiger partial charge in [-0.25, -0.2) is 18.1 Å². The third kappa shape index (κ3) is 4.59. The largest absolute Gasteiger partial charge is 0.344 e. The van der Waals surface area contributed by atoms with Crippen molar-refractivity contribution in [3.05, 3.63) is 64.8 Å². The molecule has 1 amide bonds. The maximum atomic E-state index is 12.7. The zero-order valence-corrected chi connectivity index (χ0v) is 16.9. The first-order valence-corrected chi connectivity index (χ1v) is 10.5. The molecule has 0 aliphatic carbocycles. The van der Waals surface area contributed by atoms with E-state index in [0.29, 0.717) is 17.1 Å². The molecule has 0 radical (unpaired) electrons. The summed E-state index contributed by atoms with van der Waals surface area (Å²) in [5, 5.41) is 15.9. The van der Waals surface area contributed by atoms with Gasteiger partial charge in [0.15, 0.2) is 15.7 Å². The number of nitrogens with one attached hydrogen (secondary N) is 1. The second-order valence-electron chi connectivity index (χ2n) is 6.19. The maximum absolute atomic E-state index is 12.7. The Morgan fingerprint density at radius 1 is 1.28 bits per heavy atom. The number of nitrogens with zero attached hydrogens (tertiary/aromatic N) is 5. The van der Waals surface area contributed by atoms with E-state index < -0.39 is 21.8 Å². The molecule has 2 heterocycles. The zero-order valence-electron chi connectivity index (χ0n) is 15.4. The Morgan fingerprint density at radius 2 is 2.00 bits per heavy atom. The van der Waals surface area contributed by atoms with Crippen LogP contribution in [0.4, 0.5) is 0 Å². The van der Waals surface area contributed by atoms with Crippen molar-refractivity contribution in [2.75, 3.05) is 6.26 Å². The number of rotatable bonds is 5. The third-order valence-electron chi connectivity index (χ3n) is 3.95. The summed E-state index contributed by atoms with van der Waals surface area (Å²) in [7, 11) is -3.53. The van der Waals surface area contributed by atoms with Crippen LogP contribution in [0.1, 0.15) is 34.6 Å².